The van der Waals surface area contributed by atoms with Crippen molar-refractivity contribution in [3.8, 4) is 0 Å². The predicted molar refractivity (Wildman–Crippen MR) is 115 cm³/mol. The van der Waals surface area contributed by atoms with Gasteiger partial charge in [-0.25, -0.2) is 17.2 Å². The van der Waals surface area contributed by atoms with Crippen LogP contribution in [0.4, 0.5) is 14.5 Å². The first kappa shape index (κ1) is 22.2. The molecule has 31 heavy (non-hydrogen) atoms. The molecule has 0 aliphatic rings. The van der Waals surface area contributed by atoms with Gasteiger partial charge in [-0.15, -0.1) is 6.58 Å². The summed E-state index contributed by atoms with van der Waals surface area (Å²) in [5, 5.41) is 0. The predicted octanol–water partition coefficient (Wildman–Crippen LogP) is 4.59. The average Bonchev–Trinajstić information content (AvgIpc) is 2.75. The van der Waals surface area contributed by atoms with Crippen LogP contribution in [-0.4, -0.2) is 25.8 Å². The first-order valence-electron chi connectivity index (χ1n) is 9.32. The molecule has 3 aromatic rings. The Morgan fingerprint density at radius 3 is 2.23 bits per heavy atom. The summed E-state index contributed by atoms with van der Waals surface area (Å²) in [5.74, 6) is -1.30. The van der Waals surface area contributed by atoms with Crippen LogP contribution in [0.2, 0.25) is 0 Å². The number of nitrogens with zero attached hydrogens (tertiary/aromatic N) is 1. The quantitative estimate of drug-likeness (QED) is 0.519. The summed E-state index contributed by atoms with van der Waals surface area (Å²) in [6.45, 7) is 3.92. The zero-order valence-electron chi connectivity index (χ0n) is 16.5. The number of halogens is 2. The van der Waals surface area contributed by atoms with Crippen molar-refractivity contribution in [3.63, 3.8) is 0 Å². The molecule has 0 radical (unpaired) electrons. The molecular formula is C23H20F2N2O3S. The smallest absolute Gasteiger partial charge is 0.261 e. The first-order valence-corrected chi connectivity index (χ1v) is 10.8. The number of nitrogens with one attached hydrogen (secondary N) is 1. The molecule has 0 atom stereocenters. The van der Waals surface area contributed by atoms with Crippen LogP contribution in [0.3, 0.4) is 0 Å². The highest BCUT2D eigenvalue weighted by molar-refractivity contribution is 7.92. The number of hydrogen-bond donors (Lipinski definition) is 1. The monoisotopic (exact) mass is 442 g/mol. The maximum absolute atomic E-state index is 14.0. The largest absolute Gasteiger partial charge is 0.331 e. The number of amides is 1. The lowest BCUT2D eigenvalue weighted by Gasteiger charge is -2.22. The zero-order valence-corrected chi connectivity index (χ0v) is 17.3. The van der Waals surface area contributed by atoms with Crippen LogP contribution in [0.15, 0.2) is 90.3 Å². The molecule has 160 valence electrons. The van der Waals surface area contributed by atoms with Gasteiger partial charge in [-0.2, -0.15) is 0 Å². The Morgan fingerprint density at radius 2 is 1.61 bits per heavy atom. The van der Waals surface area contributed by atoms with Gasteiger partial charge in [-0.05, 0) is 54.6 Å². The summed E-state index contributed by atoms with van der Waals surface area (Å²) < 4.78 is 54.2. The first-order chi connectivity index (χ1) is 14.8. The van der Waals surface area contributed by atoms with E-state index in [-0.39, 0.29) is 29.6 Å². The van der Waals surface area contributed by atoms with E-state index in [0.29, 0.717) is 11.1 Å². The van der Waals surface area contributed by atoms with Gasteiger partial charge in [0.15, 0.2) is 0 Å². The molecule has 0 unspecified atom stereocenters. The molecule has 3 rings (SSSR count). The minimum absolute atomic E-state index is 0.0659. The van der Waals surface area contributed by atoms with E-state index in [4.69, 9.17) is 0 Å². The summed E-state index contributed by atoms with van der Waals surface area (Å²) in [5.41, 5.74) is 0.926. The Balaban J connectivity index is 1.75. The van der Waals surface area contributed by atoms with E-state index in [1.807, 2.05) is 0 Å². The third kappa shape index (κ3) is 5.55. The maximum Gasteiger partial charge on any atom is 0.261 e. The molecule has 0 aliphatic heterocycles. The molecule has 0 fully saturated rings. The second-order valence-electron chi connectivity index (χ2n) is 6.70. The summed E-state index contributed by atoms with van der Waals surface area (Å²) in [6.07, 6.45) is 1.55. The van der Waals surface area contributed by atoms with Crippen LogP contribution in [-0.2, 0) is 16.6 Å². The van der Waals surface area contributed by atoms with Gasteiger partial charge in [0, 0.05) is 29.9 Å². The maximum atomic E-state index is 14.0. The van der Waals surface area contributed by atoms with Gasteiger partial charge in [0.25, 0.3) is 15.9 Å². The van der Waals surface area contributed by atoms with Gasteiger partial charge < -0.3 is 4.90 Å². The molecule has 8 heteroatoms. The van der Waals surface area contributed by atoms with Crippen molar-refractivity contribution in [1.82, 2.24) is 4.90 Å². The Labute approximate surface area is 179 Å². The summed E-state index contributed by atoms with van der Waals surface area (Å²) >= 11 is 0. The third-order valence-electron chi connectivity index (χ3n) is 4.46. The van der Waals surface area contributed by atoms with E-state index in [1.54, 1.807) is 24.3 Å². The Bertz CT molecular complexity index is 1180. The Morgan fingerprint density at radius 1 is 0.968 bits per heavy atom. The number of hydrogen-bond acceptors (Lipinski definition) is 3. The van der Waals surface area contributed by atoms with Crippen molar-refractivity contribution in [1.29, 1.82) is 0 Å². The van der Waals surface area contributed by atoms with Gasteiger partial charge in [-0.3, -0.25) is 9.52 Å². The highest BCUT2D eigenvalue weighted by atomic mass is 32.2. The number of rotatable bonds is 8. The Hall–Kier alpha value is -3.52. The van der Waals surface area contributed by atoms with Crippen molar-refractivity contribution in [2.45, 2.75) is 11.4 Å². The molecule has 0 saturated carbocycles. The number of anilines is 1. The number of carbonyl (C=O) groups is 1. The van der Waals surface area contributed by atoms with E-state index in [1.165, 1.54) is 35.2 Å². The minimum atomic E-state index is -3.90. The fourth-order valence-electron chi connectivity index (χ4n) is 2.90. The van der Waals surface area contributed by atoms with Gasteiger partial charge in [-0.1, -0.05) is 24.3 Å². The van der Waals surface area contributed by atoms with E-state index < -0.39 is 21.7 Å². The van der Waals surface area contributed by atoms with Crippen molar-refractivity contribution in [2.75, 3.05) is 11.3 Å². The van der Waals surface area contributed by atoms with Crippen molar-refractivity contribution in [2.24, 2.45) is 0 Å². The molecule has 0 spiro atoms. The number of benzene rings is 3. The van der Waals surface area contributed by atoms with Crippen LogP contribution in [0.5, 0.6) is 0 Å². The minimum Gasteiger partial charge on any atom is -0.331 e. The standard InChI is InChI=1S/C23H20F2N2O3S/c1-2-15-27(16-18-5-3-4-6-22(18)25)23(28)17-7-11-20(12-8-17)26-31(29,30)21-13-9-19(24)10-14-21/h2-14,26H,1,15-16H2. The van der Waals surface area contributed by atoms with E-state index in [0.717, 1.165) is 24.3 Å². The molecule has 0 aliphatic carbocycles. The highest BCUT2D eigenvalue weighted by Gasteiger charge is 2.18. The lowest BCUT2D eigenvalue weighted by atomic mass is 10.1. The van der Waals surface area contributed by atoms with Gasteiger partial charge in [0.2, 0.25) is 0 Å². The van der Waals surface area contributed by atoms with Crippen molar-refractivity contribution >= 4 is 21.6 Å². The molecule has 0 saturated heterocycles. The molecule has 1 amide bonds. The van der Waals surface area contributed by atoms with Crippen LogP contribution in [0, 0.1) is 11.6 Å². The molecule has 1 N–H and O–H groups in total. The lowest BCUT2D eigenvalue weighted by molar-refractivity contribution is 0.0761. The van der Waals surface area contributed by atoms with Gasteiger partial charge in [0.05, 0.1) is 4.90 Å². The van der Waals surface area contributed by atoms with Gasteiger partial charge >= 0.3 is 0 Å². The third-order valence-corrected chi connectivity index (χ3v) is 5.86. The van der Waals surface area contributed by atoms with Crippen LogP contribution >= 0.6 is 0 Å². The second kappa shape index (κ2) is 9.53. The molecule has 0 bridgehead atoms. The average molecular weight is 442 g/mol. The molecule has 5 nitrogen and oxygen atoms in total. The summed E-state index contributed by atoms with van der Waals surface area (Å²) in [4.78, 5) is 14.2. The topological polar surface area (TPSA) is 66.5 Å². The molecule has 0 heterocycles. The fourth-order valence-corrected chi connectivity index (χ4v) is 3.96. The van der Waals surface area contributed by atoms with Crippen LogP contribution in [0.25, 0.3) is 0 Å². The van der Waals surface area contributed by atoms with Crippen LogP contribution < -0.4 is 4.72 Å². The summed E-state index contributed by atoms with van der Waals surface area (Å²) in [7, 11) is -3.90. The molecule has 3 aromatic carbocycles. The summed E-state index contributed by atoms with van der Waals surface area (Å²) in [6, 6.07) is 16.5. The SMILES string of the molecule is C=CCN(Cc1ccccc1F)C(=O)c1ccc(NS(=O)(=O)c2ccc(F)cc2)cc1. The molecular weight excluding hydrogens is 422 g/mol. The van der Waals surface area contributed by atoms with E-state index >= 15 is 0 Å². The van der Waals surface area contributed by atoms with E-state index in [9.17, 15) is 22.0 Å². The fraction of sp³-hybridized carbons (Fsp3) is 0.0870. The highest BCUT2D eigenvalue weighted by Crippen LogP contribution is 2.19. The second-order valence-corrected chi connectivity index (χ2v) is 8.38. The normalized spacial score (nSPS) is 11.0. The lowest BCUT2D eigenvalue weighted by Crippen LogP contribution is -2.31. The van der Waals surface area contributed by atoms with Gasteiger partial charge in [0.1, 0.15) is 11.6 Å². The number of carbonyl (C=O) groups excluding carboxylic acids is 1. The molecule has 0 aromatic heterocycles. The van der Waals surface area contributed by atoms with Crippen molar-refractivity contribution in [3.05, 3.63) is 108 Å². The van der Waals surface area contributed by atoms with E-state index in [2.05, 4.69) is 11.3 Å². The van der Waals surface area contributed by atoms with Crippen LogP contribution in [0.1, 0.15) is 15.9 Å². The zero-order chi connectivity index (χ0) is 22.4. The van der Waals surface area contributed by atoms with Crippen molar-refractivity contribution < 1.29 is 22.0 Å². The Kier molecular flexibility index (Phi) is 6.81. The number of sulfonamides is 1.